The summed E-state index contributed by atoms with van der Waals surface area (Å²) in [6, 6.07) is 20.5. The van der Waals surface area contributed by atoms with Gasteiger partial charge in [0.25, 0.3) is 5.91 Å². The minimum atomic E-state index is 0.0794. The number of amides is 1. The Morgan fingerprint density at radius 3 is 2.35 bits per heavy atom. The van der Waals surface area contributed by atoms with Gasteiger partial charge in [-0.15, -0.1) is 0 Å². The monoisotopic (exact) mass is 345 g/mol. The molecule has 26 heavy (non-hydrogen) atoms. The number of likely N-dealkylation sites (tertiary alicyclic amines) is 1. The molecule has 0 saturated carbocycles. The Bertz CT molecular complexity index is 849. The minimum Gasteiger partial charge on any atom is -0.339 e. The van der Waals surface area contributed by atoms with Crippen LogP contribution in [0.1, 0.15) is 28.8 Å². The van der Waals surface area contributed by atoms with E-state index in [-0.39, 0.29) is 5.91 Å². The lowest BCUT2D eigenvalue weighted by Crippen LogP contribution is -2.39. The highest BCUT2D eigenvalue weighted by Gasteiger charge is 2.26. The van der Waals surface area contributed by atoms with Crippen molar-refractivity contribution >= 4 is 5.91 Å². The van der Waals surface area contributed by atoms with Crippen LogP contribution in [0.3, 0.4) is 0 Å². The summed E-state index contributed by atoms with van der Waals surface area (Å²) in [5.41, 5.74) is 3.85. The zero-order valence-corrected chi connectivity index (χ0v) is 14.8. The third kappa shape index (κ3) is 3.54. The van der Waals surface area contributed by atoms with E-state index in [1.54, 1.807) is 6.20 Å². The van der Waals surface area contributed by atoms with Gasteiger partial charge in [0.2, 0.25) is 0 Å². The van der Waals surface area contributed by atoms with Gasteiger partial charge in [0.15, 0.2) is 0 Å². The van der Waals surface area contributed by atoms with E-state index in [0.29, 0.717) is 11.5 Å². The second kappa shape index (κ2) is 7.56. The number of nitrogens with one attached hydrogen (secondary N) is 1. The van der Waals surface area contributed by atoms with Crippen molar-refractivity contribution in [3.63, 3.8) is 0 Å². The SMILES string of the molecule is O=C(c1cn[nH]c1-c1ccccc1)N1CCC(Cc2ccccc2)CC1. The van der Waals surface area contributed by atoms with Crippen molar-refractivity contribution in [3.05, 3.63) is 78.0 Å². The van der Waals surface area contributed by atoms with Gasteiger partial charge in [-0.3, -0.25) is 9.89 Å². The summed E-state index contributed by atoms with van der Waals surface area (Å²) in [7, 11) is 0. The topological polar surface area (TPSA) is 49.0 Å². The number of hydrogen-bond acceptors (Lipinski definition) is 2. The lowest BCUT2D eigenvalue weighted by atomic mass is 9.90. The zero-order valence-electron chi connectivity index (χ0n) is 14.8. The van der Waals surface area contributed by atoms with Gasteiger partial charge in [-0.05, 0) is 30.7 Å². The van der Waals surface area contributed by atoms with Crippen LogP contribution < -0.4 is 0 Å². The largest absolute Gasteiger partial charge is 0.339 e. The molecule has 2 aromatic carbocycles. The number of aromatic amines is 1. The van der Waals surface area contributed by atoms with E-state index in [1.165, 1.54) is 5.56 Å². The van der Waals surface area contributed by atoms with E-state index in [9.17, 15) is 4.79 Å². The van der Waals surface area contributed by atoms with Gasteiger partial charge in [-0.1, -0.05) is 60.7 Å². The van der Waals surface area contributed by atoms with Gasteiger partial charge in [0.05, 0.1) is 17.5 Å². The molecule has 3 aromatic rings. The first-order valence-corrected chi connectivity index (χ1v) is 9.23. The molecule has 0 atom stereocenters. The zero-order chi connectivity index (χ0) is 17.8. The van der Waals surface area contributed by atoms with Crippen molar-refractivity contribution in [2.24, 2.45) is 5.92 Å². The molecule has 1 N–H and O–H groups in total. The maximum absolute atomic E-state index is 13.0. The fraction of sp³-hybridized carbons (Fsp3) is 0.273. The van der Waals surface area contributed by atoms with E-state index in [0.717, 1.165) is 43.6 Å². The van der Waals surface area contributed by atoms with Crippen molar-refractivity contribution in [3.8, 4) is 11.3 Å². The smallest absolute Gasteiger partial charge is 0.257 e. The Balaban J connectivity index is 1.41. The Morgan fingerprint density at radius 2 is 1.65 bits per heavy atom. The Hall–Kier alpha value is -2.88. The standard InChI is InChI=1S/C22H23N3O/c26-22(20-16-23-24-21(20)19-9-5-2-6-10-19)25-13-11-18(12-14-25)15-17-7-3-1-4-8-17/h1-10,16,18H,11-15H2,(H,23,24). The molecule has 0 spiro atoms. The lowest BCUT2D eigenvalue weighted by Gasteiger charge is -2.32. The maximum atomic E-state index is 13.0. The van der Waals surface area contributed by atoms with Crippen molar-refractivity contribution in [2.75, 3.05) is 13.1 Å². The van der Waals surface area contributed by atoms with Crippen LogP contribution in [-0.4, -0.2) is 34.1 Å². The van der Waals surface area contributed by atoms with Crippen LogP contribution in [0.15, 0.2) is 66.9 Å². The average Bonchev–Trinajstić information content (AvgIpc) is 3.19. The van der Waals surface area contributed by atoms with Crippen LogP contribution >= 0.6 is 0 Å². The van der Waals surface area contributed by atoms with E-state index in [4.69, 9.17) is 0 Å². The Morgan fingerprint density at radius 1 is 1.00 bits per heavy atom. The van der Waals surface area contributed by atoms with E-state index >= 15 is 0 Å². The molecule has 4 heteroatoms. The third-order valence-corrected chi connectivity index (χ3v) is 5.20. The van der Waals surface area contributed by atoms with Crippen LogP contribution in [-0.2, 0) is 6.42 Å². The van der Waals surface area contributed by atoms with E-state index in [1.807, 2.05) is 35.2 Å². The van der Waals surface area contributed by atoms with Crippen LogP contribution in [0.5, 0.6) is 0 Å². The number of H-pyrrole nitrogens is 1. The van der Waals surface area contributed by atoms with Gasteiger partial charge < -0.3 is 4.90 Å². The van der Waals surface area contributed by atoms with Gasteiger partial charge >= 0.3 is 0 Å². The molecular formula is C22H23N3O. The molecule has 0 bridgehead atoms. The molecule has 0 aliphatic carbocycles. The number of aromatic nitrogens is 2. The molecule has 132 valence electrons. The molecule has 0 radical (unpaired) electrons. The van der Waals surface area contributed by atoms with E-state index < -0.39 is 0 Å². The van der Waals surface area contributed by atoms with Crippen molar-refractivity contribution in [1.29, 1.82) is 0 Å². The Kier molecular flexibility index (Phi) is 4.82. The maximum Gasteiger partial charge on any atom is 0.257 e. The quantitative estimate of drug-likeness (QED) is 0.771. The molecule has 1 amide bonds. The molecule has 2 heterocycles. The fourth-order valence-electron chi connectivity index (χ4n) is 3.73. The summed E-state index contributed by atoms with van der Waals surface area (Å²) >= 11 is 0. The number of carbonyl (C=O) groups is 1. The van der Waals surface area contributed by atoms with Gasteiger partial charge in [-0.2, -0.15) is 5.10 Å². The normalized spacial score (nSPS) is 15.2. The minimum absolute atomic E-state index is 0.0794. The van der Waals surface area contributed by atoms with Gasteiger partial charge in [0, 0.05) is 18.7 Å². The highest BCUT2D eigenvalue weighted by atomic mass is 16.2. The number of rotatable bonds is 4. The summed E-state index contributed by atoms with van der Waals surface area (Å²) in [5, 5.41) is 7.10. The van der Waals surface area contributed by atoms with Gasteiger partial charge in [0.1, 0.15) is 0 Å². The average molecular weight is 345 g/mol. The highest BCUT2D eigenvalue weighted by Crippen LogP contribution is 2.26. The van der Waals surface area contributed by atoms with Crippen molar-refractivity contribution in [1.82, 2.24) is 15.1 Å². The molecule has 1 aliphatic heterocycles. The number of benzene rings is 2. The highest BCUT2D eigenvalue weighted by molar-refractivity contribution is 5.99. The van der Waals surface area contributed by atoms with Crippen LogP contribution in [0.25, 0.3) is 11.3 Å². The van der Waals surface area contributed by atoms with Crippen molar-refractivity contribution in [2.45, 2.75) is 19.3 Å². The number of hydrogen-bond donors (Lipinski definition) is 1. The first-order chi connectivity index (χ1) is 12.8. The van der Waals surface area contributed by atoms with Crippen LogP contribution in [0.2, 0.25) is 0 Å². The van der Waals surface area contributed by atoms with Crippen LogP contribution in [0.4, 0.5) is 0 Å². The van der Waals surface area contributed by atoms with Gasteiger partial charge in [-0.25, -0.2) is 0 Å². The second-order valence-corrected chi connectivity index (χ2v) is 6.95. The van der Waals surface area contributed by atoms with Crippen molar-refractivity contribution < 1.29 is 4.79 Å². The first kappa shape index (κ1) is 16.6. The first-order valence-electron chi connectivity index (χ1n) is 9.23. The third-order valence-electron chi connectivity index (χ3n) is 5.20. The summed E-state index contributed by atoms with van der Waals surface area (Å²) in [6.07, 6.45) is 4.86. The number of piperidine rings is 1. The predicted octanol–water partition coefficient (Wildman–Crippen LogP) is 4.17. The molecular weight excluding hydrogens is 322 g/mol. The Labute approximate surface area is 153 Å². The summed E-state index contributed by atoms with van der Waals surface area (Å²) in [5.74, 6) is 0.732. The summed E-state index contributed by atoms with van der Waals surface area (Å²) in [6.45, 7) is 1.63. The fourth-order valence-corrected chi connectivity index (χ4v) is 3.73. The number of nitrogens with zero attached hydrogens (tertiary/aromatic N) is 2. The molecule has 0 unspecified atom stereocenters. The molecule has 4 rings (SSSR count). The molecule has 4 nitrogen and oxygen atoms in total. The molecule has 1 aromatic heterocycles. The summed E-state index contributed by atoms with van der Waals surface area (Å²) in [4.78, 5) is 15.0. The molecule has 1 fully saturated rings. The number of carbonyl (C=O) groups excluding carboxylic acids is 1. The molecule has 1 aliphatic rings. The second-order valence-electron chi connectivity index (χ2n) is 6.95. The van der Waals surface area contributed by atoms with E-state index in [2.05, 4.69) is 40.5 Å². The van der Waals surface area contributed by atoms with Crippen LogP contribution in [0, 0.1) is 5.92 Å². The summed E-state index contributed by atoms with van der Waals surface area (Å²) < 4.78 is 0. The molecule has 1 saturated heterocycles. The predicted molar refractivity (Wildman–Crippen MR) is 103 cm³/mol. The lowest BCUT2D eigenvalue weighted by molar-refractivity contribution is 0.0691.